The Kier molecular flexibility index (Phi) is 2.43. The van der Waals surface area contributed by atoms with Crippen LogP contribution in [0.4, 0.5) is 5.69 Å². The molecule has 1 unspecified atom stereocenters. The van der Waals surface area contributed by atoms with Gasteiger partial charge in [-0.05, 0) is 17.5 Å². The van der Waals surface area contributed by atoms with Crippen molar-refractivity contribution in [3.63, 3.8) is 0 Å². The summed E-state index contributed by atoms with van der Waals surface area (Å²) in [5.74, 6) is 1.22. The zero-order chi connectivity index (χ0) is 11.0. The van der Waals surface area contributed by atoms with Gasteiger partial charge < -0.3 is 5.32 Å². The van der Waals surface area contributed by atoms with Gasteiger partial charge in [0.1, 0.15) is 5.78 Å². The van der Waals surface area contributed by atoms with Gasteiger partial charge in [-0.25, -0.2) is 0 Å². The van der Waals surface area contributed by atoms with E-state index in [1.807, 2.05) is 12.1 Å². The Morgan fingerprint density at radius 1 is 1.31 bits per heavy atom. The van der Waals surface area contributed by atoms with Crippen molar-refractivity contribution in [1.29, 1.82) is 0 Å². The van der Waals surface area contributed by atoms with E-state index in [9.17, 15) is 4.79 Å². The van der Waals surface area contributed by atoms with E-state index >= 15 is 0 Å². The van der Waals surface area contributed by atoms with Crippen LogP contribution in [0.5, 0.6) is 0 Å². The largest absolute Gasteiger partial charge is 0.384 e. The molecule has 1 N–H and O–H groups in total. The smallest absolute Gasteiger partial charge is 0.142 e. The Morgan fingerprint density at radius 2 is 2.12 bits per heavy atom. The number of carbonyl (C=O) groups excluding carboxylic acids is 1. The van der Waals surface area contributed by atoms with Gasteiger partial charge in [0, 0.05) is 18.7 Å². The van der Waals surface area contributed by atoms with Crippen molar-refractivity contribution in [3.05, 3.63) is 29.8 Å². The van der Waals surface area contributed by atoms with Crippen molar-refractivity contribution in [1.82, 2.24) is 0 Å². The zero-order valence-corrected chi connectivity index (χ0v) is 9.41. The number of fused-ring (bicyclic) bond motifs is 1. The number of nitrogens with one attached hydrogen (secondary N) is 1. The van der Waals surface area contributed by atoms with Gasteiger partial charge in [-0.2, -0.15) is 0 Å². The molecule has 1 saturated carbocycles. The summed E-state index contributed by atoms with van der Waals surface area (Å²) >= 11 is 0. The first kappa shape index (κ1) is 9.88. The second-order valence-electron chi connectivity index (χ2n) is 4.99. The summed E-state index contributed by atoms with van der Waals surface area (Å²) in [6.07, 6.45) is 4.62. The van der Waals surface area contributed by atoms with E-state index in [0.717, 1.165) is 18.7 Å². The minimum absolute atomic E-state index is 0.108. The molecule has 1 aromatic rings. The summed E-state index contributed by atoms with van der Waals surface area (Å²) in [7, 11) is 0. The van der Waals surface area contributed by atoms with Crippen LogP contribution in [-0.4, -0.2) is 12.3 Å². The minimum Gasteiger partial charge on any atom is -0.384 e. The monoisotopic (exact) mass is 215 g/mol. The molecule has 0 saturated heterocycles. The van der Waals surface area contributed by atoms with Crippen molar-refractivity contribution < 1.29 is 4.79 Å². The first-order chi connectivity index (χ1) is 7.84. The molecule has 1 atom stereocenters. The van der Waals surface area contributed by atoms with Crippen LogP contribution >= 0.6 is 0 Å². The summed E-state index contributed by atoms with van der Waals surface area (Å²) in [5, 5.41) is 3.32. The van der Waals surface area contributed by atoms with Crippen molar-refractivity contribution >= 4 is 11.5 Å². The zero-order valence-electron chi connectivity index (χ0n) is 9.41. The summed E-state index contributed by atoms with van der Waals surface area (Å²) in [5.41, 5.74) is 2.35. The molecule has 0 amide bonds. The molecule has 2 nitrogen and oxygen atoms in total. The highest BCUT2D eigenvalue weighted by atomic mass is 16.1. The average Bonchev–Trinajstić information content (AvgIpc) is 2.67. The van der Waals surface area contributed by atoms with E-state index in [1.54, 1.807) is 0 Å². The lowest BCUT2D eigenvalue weighted by atomic mass is 9.79. The molecule has 0 bridgehead atoms. The van der Waals surface area contributed by atoms with Gasteiger partial charge in [-0.3, -0.25) is 4.79 Å². The van der Waals surface area contributed by atoms with Gasteiger partial charge in [-0.15, -0.1) is 0 Å². The summed E-state index contributed by atoms with van der Waals surface area (Å²) in [4.78, 5) is 12.2. The molecule has 0 aromatic heterocycles. The van der Waals surface area contributed by atoms with Gasteiger partial charge in [0.05, 0.1) is 5.92 Å². The SMILES string of the molecule is O=C(CC1CCC1)C1CNc2ccccc21. The number of rotatable bonds is 3. The first-order valence-corrected chi connectivity index (χ1v) is 6.20. The average molecular weight is 215 g/mol. The number of para-hydroxylation sites is 1. The van der Waals surface area contributed by atoms with Crippen LogP contribution in [0.25, 0.3) is 0 Å². The van der Waals surface area contributed by atoms with Gasteiger partial charge >= 0.3 is 0 Å². The van der Waals surface area contributed by atoms with Crippen molar-refractivity contribution in [3.8, 4) is 0 Å². The number of benzene rings is 1. The third kappa shape index (κ3) is 1.62. The topological polar surface area (TPSA) is 29.1 Å². The molecule has 1 aliphatic heterocycles. The quantitative estimate of drug-likeness (QED) is 0.840. The maximum Gasteiger partial charge on any atom is 0.142 e. The lowest BCUT2D eigenvalue weighted by molar-refractivity contribution is -0.121. The predicted molar refractivity (Wildman–Crippen MR) is 64.6 cm³/mol. The number of hydrogen-bond acceptors (Lipinski definition) is 2. The molecule has 3 rings (SSSR count). The highest BCUT2D eigenvalue weighted by Crippen LogP contribution is 2.36. The molecular formula is C14H17NO. The Labute approximate surface area is 96.1 Å². The van der Waals surface area contributed by atoms with E-state index in [1.165, 1.54) is 24.8 Å². The lowest BCUT2D eigenvalue weighted by Crippen LogP contribution is -2.21. The summed E-state index contributed by atoms with van der Waals surface area (Å²) < 4.78 is 0. The fraction of sp³-hybridized carbons (Fsp3) is 0.500. The second kappa shape index (κ2) is 3.93. The van der Waals surface area contributed by atoms with Crippen molar-refractivity contribution in [2.45, 2.75) is 31.6 Å². The Hall–Kier alpha value is -1.31. The lowest BCUT2D eigenvalue weighted by Gasteiger charge is -2.25. The van der Waals surface area contributed by atoms with Gasteiger partial charge in [0.2, 0.25) is 0 Å². The van der Waals surface area contributed by atoms with Gasteiger partial charge in [-0.1, -0.05) is 37.5 Å². The van der Waals surface area contributed by atoms with Crippen molar-refractivity contribution in [2.75, 3.05) is 11.9 Å². The first-order valence-electron chi connectivity index (χ1n) is 6.20. The van der Waals surface area contributed by atoms with Crippen LogP contribution in [0.15, 0.2) is 24.3 Å². The van der Waals surface area contributed by atoms with Crippen LogP contribution in [-0.2, 0) is 4.79 Å². The highest BCUT2D eigenvalue weighted by molar-refractivity contribution is 5.90. The van der Waals surface area contributed by atoms with Crippen molar-refractivity contribution in [2.24, 2.45) is 5.92 Å². The standard InChI is InChI=1S/C14H17NO/c16-14(8-10-4-3-5-10)12-9-15-13-7-2-1-6-11(12)13/h1-2,6-7,10,12,15H,3-5,8-9H2. The molecule has 1 aromatic carbocycles. The van der Waals surface area contributed by atoms with E-state index in [4.69, 9.17) is 0 Å². The number of ketones is 1. The fourth-order valence-corrected chi connectivity index (χ4v) is 2.69. The van der Waals surface area contributed by atoms with Crippen LogP contribution in [0, 0.1) is 5.92 Å². The normalized spacial score (nSPS) is 23.4. The maximum atomic E-state index is 12.2. The number of carbonyl (C=O) groups is 1. The molecule has 1 heterocycles. The third-order valence-corrected chi connectivity index (χ3v) is 3.94. The van der Waals surface area contributed by atoms with Crippen LogP contribution in [0.2, 0.25) is 0 Å². The molecule has 0 spiro atoms. The van der Waals surface area contributed by atoms with Gasteiger partial charge in [0.15, 0.2) is 0 Å². The molecule has 2 heteroatoms. The van der Waals surface area contributed by atoms with Crippen LogP contribution < -0.4 is 5.32 Å². The highest BCUT2D eigenvalue weighted by Gasteiger charge is 2.30. The van der Waals surface area contributed by atoms with E-state index < -0.39 is 0 Å². The predicted octanol–water partition coefficient (Wildman–Crippen LogP) is 2.96. The third-order valence-electron chi connectivity index (χ3n) is 3.94. The summed E-state index contributed by atoms with van der Waals surface area (Å²) in [6, 6.07) is 8.19. The summed E-state index contributed by atoms with van der Waals surface area (Å²) in [6.45, 7) is 0.797. The molecule has 1 aliphatic carbocycles. The minimum atomic E-state index is 0.108. The second-order valence-corrected chi connectivity index (χ2v) is 4.99. The van der Waals surface area contributed by atoms with Crippen LogP contribution in [0.3, 0.4) is 0 Å². The van der Waals surface area contributed by atoms with E-state index in [-0.39, 0.29) is 5.92 Å². The van der Waals surface area contributed by atoms with E-state index in [0.29, 0.717) is 11.7 Å². The molecule has 0 radical (unpaired) electrons. The Bertz CT molecular complexity index is 409. The molecular weight excluding hydrogens is 198 g/mol. The Morgan fingerprint density at radius 3 is 2.88 bits per heavy atom. The number of Topliss-reactive ketones (excluding diaryl/α,β-unsaturated/α-hetero) is 1. The van der Waals surface area contributed by atoms with Gasteiger partial charge in [0.25, 0.3) is 0 Å². The van der Waals surface area contributed by atoms with E-state index in [2.05, 4.69) is 17.4 Å². The molecule has 1 fully saturated rings. The molecule has 16 heavy (non-hydrogen) atoms. The fourth-order valence-electron chi connectivity index (χ4n) is 2.69. The Balaban J connectivity index is 1.73. The number of hydrogen-bond donors (Lipinski definition) is 1. The maximum absolute atomic E-state index is 12.2. The molecule has 84 valence electrons. The number of anilines is 1. The van der Waals surface area contributed by atoms with Crippen LogP contribution in [0.1, 0.15) is 37.2 Å². The molecule has 2 aliphatic rings.